The molecule has 1 N–H and O–H groups in total. The standard InChI is InChI=1S/C16H22BrN5O4/c1-3-20(4-2)9-5-8-18-16(23)14-7-6-12(26-14)10-21-11-13(17)15(19-21)22(24)25/h6-7,11H,3-5,8-10H2,1-2H3,(H,18,23). The summed E-state index contributed by atoms with van der Waals surface area (Å²) >= 11 is 3.09. The molecule has 0 radical (unpaired) electrons. The van der Waals surface area contributed by atoms with Gasteiger partial charge in [0.05, 0.1) is 11.3 Å². The summed E-state index contributed by atoms with van der Waals surface area (Å²) in [4.78, 5) is 24.6. The quantitative estimate of drug-likeness (QED) is 0.354. The second-order valence-electron chi connectivity index (χ2n) is 5.66. The topological polar surface area (TPSA) is 106 Å². The molecule has 9 nitrogen and oxygen atoms in total. The van der Waals surface area contributed by atoms with Gasteiger partial charge >= 0.3 is 5.82 Å². The van der Waals surface area contributed by atoms with Crippen LogP contribution in [0.5, 0.6) is 0 Å². The van der Waals surface area contributed by atoms with Crippen LogP contribution in [0, 0.1) is 10.1 Å². The van der Waals surface area contributed by atoms with Crippen molar-refractivity contribution in [1.29, 1.82) is 0 Å². The number of nitro groups is 1. The lowest BCUT2D eigenvalue weighted by atomic mass is 10.3. The van der Waals surface area contributed by atoms with E-state index in [9.17, 15) is 14.9 Å². The number of nitrogens with one attached hydrogen (secondary N) is 1. The van der Waals surface area contributed by atoms with Crippen LogP contribution in [0.3, 0.4) is 0 Å². The van der Waals surface area contributed by atoms with Crippen molar-refractivity contribution >= 4 is 27.7 Å². The van der Waals surface area contributed by atoms with Crippen molar-refractivity contribution in [1.82, 2.24) is 20.0 Å². The van der Waals surface area contributed by atoms with Crippen molar-refractivity contribution < 1.29 is 14.1 Å². The predicted octanol–water partition coefficient (Wildman–Crippen LogP) is 2.66. The van der Waals surface area contributed by atoms with Crippen LogP contribution in [0.2, 0.25) is 0 Å². The van der Waals surface area contributed by atoms with Crippen LogP contribution in [0.4, 0.5) is 5.82 Å². The highest BCUT2D eigenvalue weighted by Crippen LogP contribution is 2.22. The number of aromatic nitrogens is 2. The Morgan fingerprint density at radius 3 is 2.77 bits per heavy atom. The summed E-state index contributed by atoms with van der Waals surface area (Å²) in [6.07, 6.45) is 2.36. The van der Waals surface area contributed by atoms with E-state index in [1.807, 2.05) is 0 Å². The van der Waals surface area contributed by atoms with Gasteiger partial charge in [0.25, 0.3) is 5.91 Å². The Labute approximate surface area is 159 Å². The molecule has 0 spiro atoms. The Morgan fingerprint density at radius 2 is 2.15 bits per heavy atom. The molecule has 0 saturated heterocycles. The van der Waals surface area contributed by atoms with E-state index in [0.29, 0.717) is 16.8 Å². The fraction of sp³-hybridized carbons (Fsp3) is 0.500. The van der Waals surface area contributed by atoms with E-state index in [2.05, 4.69) is 45.1 Å². The van der Waals surface area contributed by atoms with Crippen LogP contribution in [0.1, 0.15) is 36.6 Å². The Bertz CT molecular complexity index is 754. The molecule has 2 heterocycles. The number of halogens is 1. The molecule has 0 aliphatic heterocycles. The molecule has 0 fully saturated rings. The average Bonchev–Trinajstić information content (AvgIpc) is 3.22. The number of hydrogen-bond donors (Lipinski definition) is 1. The molecular formula is C16H22BrN5O4. The minimum atomic E-state index is -0.570. The normalized spacial score (nSPS) is 11.1. The van der Waals surface area contributed by atoms with Crippen LogP contribution in [0.25, 0.3) is 0 Å². The molecule has 0 aliphatic rings. The summed E-state index contributed by atoms with van der Waals surface area (Å²) in [6, 6.07) is 3.24. The van der Waals surface area contributed by atoms with Gasteiger partial charge in [-0.15, -0.1) is 0 Å². The third-order valence-electron chi connectivity index (χ3n) is 3.91. The lowest BCUT2D eigenvalue weighted by molar-refractivity contribution is -0.390. The molecule has 0 aromatic carbocycles. The SMILES string of the molecule is CCN(CC)CCCNC(=O)c1ccc(Cn2cc(Br)c([N+](=O)[O-])n2)o1. The van der Waals surface area contributed by atoms with Crippen LogP contribution in [-0.2, 0) is 6.54 Å². The maximum absolute atomic E-state index is 12.1. The van der Waals surface area contributed by atoms with Crippen molar-refractivity contribution in [2.24, 2.45) is 0 Å². The lowest BCUT2D eigenvalue weighted by Crippen LogP contribution is -2.29. The van der Waals surface area contributed by atoms with Gasteiger partial charge in [0.2, 0.25) is 0 Å². The molecular weight excluding hydrogens is 406 g/mol. The van der Waals surface area contributed by atoms with Gasteiger partial charge in [0.15, 0.2) is 5.76 Å². The summed E-state index contributed by atoms with van der Waals surface area (Å²) in [5.74, 6) is 0.165. The molecule has 0 bridgehead atoms. The van der Waals surface area contributed by atoms with E-state index >= 15 is 0 Å². The van der Waals surface area contributed by atoms with Gasteiger partial charge in [-0.3, -0.25) is 4.79 Å². The zero-order chi connectivity index (χ0) is 19.1. The summed E-state index contributed by atoms with van der Waals surface area (Å²) in [6.45, 7) is 7.91. The maximum atomic E-state index is 12.1. The number of amides is 1. The summed E-state index contributed by atoms with van der Waals surface area (Å²) in [7, 11) is 0. The zero-order valence-corrected chi connectivity index (χ0v) is 16.4. The maximum Gasteiger partial charge on any atom is 0.404 e. The van der Waals surface area contributed by atoms with Crippen molar-refractivity contribution in [3.8, 4) is 0 Å². The van der Waals surface area contributed by atoms with E-state index in [0.717, 1.165) is 26.1 Å². The number of nitrogens with zero attached hydrogens (tertiary/aromatic N) is 4. The number of hydrogen-bond acceptors (Lipinski definition) is 6. The van der Waals surface area contributed by atoms with Crippen molar-refractivity contribution in [3.63, 3.8) is 0 Å². The van der Waals surface area contributed by atoms with E-state index in [4.69, 9.17) is 4.42 Å². The Hall–Kier alpha value is -2.20. The summed E-state index contributed by atoms with van der Waals surface area (Å²) in [5.41, 5.74) is 0. The Morgan fingerprint density at radius 1 is 1.42 bits per heavy atom. The van der Waals surface area contributed by atoms with Gasteiger partial charge in [0.1, 0.15) is 16.8 Å². The van der Waals surface area contributed by atoms with Crippen LogP contribution in [-0.4, -0.2) is 51.7 Å². The highest BCUT2D eigenvalue weighted by Gasteiger charge is 2.19. The van der Waals surface area contributed by atoms with Gasteiger partial charge < -0.3 is 24.7 Å². The highest BCUT2D eigenvalue weighted by atomic mass is 79.9. The molecule has 2 aromatic rings. The number of carbonyl (C=O) groups excluding carboxylic acids is 1. The van der Waals surface area contributed by atoms with Gasteiger partial charge in [0, 0.05) is 6.54 Å². The van der Waals surface area contributed by atoms with Gasteiger partial charge in [-0.05, 0) is 59.0 Å². The monoisotopic (exact) mass is 427 g/mol. The van der Waals surface area contributed by atoms with Crippen LogP contribution >= 0.6 is 15.9 Å². The third-order valence-corrected chi connectivity index (χ3v) is 4.47. The Kier molecular flexibility index (Phi) is 7.34. The average molecular weight is 428 g/mol. The van der Waals surface area contributed by atoms with Gasteiger partial charge in [-0.1, -0.05) is 13.8 Å². The molecule has 26 heavy (non-hydrogen) atoms. The first-order valence-corrected chi connectivity index (χ1v) is 9.20. The van der Waals surface area contributed by atoms with Gasteiger partial charge in [-0.2, -0.15) is 4.68 Å². The van der Waals surface area contributed by atoms with Crippen LogP contribution < -0.4 is 5.32 Å². The highest BCUT2D eigenvalue weighted by molar-refractivity contribution is 9.10. The van der Waals surface area contributed by atoms with E-state index < -0.39 is 4.92 Å². The molecule has 142 valence electrons. The Balaban J connectivity index is 1.86. The molecule has 2 rings (SSSR count). The third kappa shape index (κ3) is 5.40. The number of rotatable bonds is 10. The largest absolute Gasteiger partial charge is 0.454 e. The predicted molar refractivity (Wildman–Crippen MR) is 99.1 cm³/mol. The fourth-order valence-electron chi connectivity index (χ4n) is 2.47. The van der Waals surface area contributed by atoms with Crippen LogP contribution in [0.15, 0.2) is 27.2 Å². The first-order valence-electron chi connectivity index (χ1n) is 8.41. The minimum absolute atomic E-state index is 0.196. The zero-order valence-electron chi connectivity index (χ0n) is 14.8. The molecule has 0 aliphatic carbocycles. The second-order valence-corrected chi connectivity index (χ2v) is 6.51. The lowest BCUT2D eigenvalue weighted by Gasteiger charge is -2.17. The molecule has 0 saturated carbocycles. The first-order chi connectivity index (χ1) is 12.4. The number of carbonyl (C=O) groups is 1. The first kappa shape index (κ1) is 20.1. The summed E-state index contributed by atoms with van der Waals surface area (Å²) < 4.78 is 7.18. The van der Waals surface area contributed by atoms with Crippen molar-refractivity contribution in [2.75, 3.05) is 26.2 Å². The number of furan rings is 1. The van der Waals surface area contributed by atoms with E-state index in [1.165, 1.54) is 10.9 Å². The fourth-order valence-corrected chi connectivity index (χ4v) is 2.93. The second kappa shape index (κ2) is 9.48. The molecule has 0 atom stereocenters. The smallest absolute Gasteiger partial charge is 0.404 e. The van der Waals surface area contributed by atoms with E-state index in [-0.39, 0.29) is 24.0 Å². The summed E-state index contributed by atoms with van der Waals surface area (Å²) in [5, 5.41) is 17.5. The van der Waals surface area contributed by atoms with Crippen molar-refractivity contribution in [2.45, 2.75) is 26.8 Å². The van der Waals surface area contributed by atoms with E-state index in [1.54, 1.807) is 12.1 Å². The minimum Gasteiger partial charge on any atom is -0.454 e. The molecule has 10 heteroatoms. The molecule has 0 unspecified atom stereocenters. The van der Waals surface area contributed by atoms with Gasteiger partial charge in [-0.25, -0.2) is 0 Å². The van der Waals surface area contributed by atoms with Crippen molar-refractivity contribution in [3.05, 3.63) is 44.4 Å². The molecule has 1 amide bonds. The molecule has 2 aromatic heterocycles.